The molecule has 0 spiro atoms. The number of benzene rings is 1. The van der Waals surface area contributed by atoms with Crippen LogP contribution in [0.3, 0.4) is 0 Å². The van der Waals surface area contributed by atoms with E-state index in [4.69, 9.17) is 5.11 Å². The molecule has 0 saturated heterocycles. The first-order chi connectivity index (χ1) is 13.1. The number of rotatable bonds is 4. The van der Waals surface area contributed by atoms with Crippen molar-refractivity contribution in [1.82, 2.24) is 15.8 Å². The number of aliphatic hydroxyl groups excluding tert-OH is 1. The Morgan fingerprint density at radius 2 is 1.63 bits per heavy atom. The highest BCUT2D eigenvalue weighted by Crippen LogP contribution is 2.32. The van der Waals surface area contributed by atoms with Crippen molar-refractivity contribution in [3.63, 3.8) is 0 Å². The first-order valence-corrected chi connectivity index (χ1v) is 8.99. The van der Waals surface area contributed by atoms with Crippen LogP contribution in [0.4, 0.5) is 0 Å². The number of carbonyl (C=O) groups excluding carboxylic acids is 4. The molecule has 3 N–H and O–H groups in total. The third-order valence-corrected chi connectivity index (χ3v) is 3.86. The summed E-state index contributed by atoms with van der Waals surface area (Å²) in [4.78, 5) is 45.1. The molecule has 0 bridgehead atoms. The molecule has 0 unspecified atom stereocenters. The van der Waals surface area contributed by atoms with Crippen LogP contribution in [0.1, 0.15) is 67.2 Å². The standard InChI is InChI=1S/C12H11NO2.C4H8N2O2.C2H6.CH4O/c14-11-9-6-1-2-7-10(9)12(15)13(11)8-4-3-5-8;1-2-4(8)6-5-3-7;2*1-2/h1-2,6-8H,3-5H2;3H,2H2,1H3,(H,5,7)(H,6,8);1-2H3;2H,1H3. The van der Waals surface area contributed by atoms with Gasteiger partial charge in [-0.05, 0) is 31.4 Å². The van der Waals surface area contributed by atoms with Gasteiger partial charge in [0.1, 0.15) is 0 Å². The third kappa shape index (κ3) is 6.49. The van der Waals surface area contributed by atoms with Gasteiger partial charge in [0.05, 0.1) is 11.1 Å². The van der Waals surface area contributed by atoms with Gasteiger partial charge in [0.25, 0.3) is 11.8 Å². The predicted octanol–water partition coefficient (Wildman–Crippen LogP) is 1.64. The summed E-state index contributed by atoms with van der Waals surface area (Å²) >= 11 is 0. The maximum Gasteiger partial charge on any atom is 0.261 e. The smallest absolute Gasteiger partial charge is 0.261 e. The van der Waals surface area contributed by atoms with E-state index in [9.17, 15) is 19.2 Å². The van der Waals surface area contributed by atoms with E-state index in [-0.39, 0.29) is 23.8 Å². The number of carbonyl (C=O) groups is 4. The zero-order valence-corrected chi connectivity index (χ0v) is 16.3. The quantitative estimate of drug-likeness (QED) is 0.418. The number of imide groups is 1. The number of nitrogens with one attached hydrogen (secondary N) is 2. The summed E-state index contributed by atoms with van der Waals surface area (Å²) in [5.74, 6) is -0.419. The Kier molecular flexibility index (Phi) is 12.1. The highest BCUT2D eigenvalue weighted by Gasteiger charge is 2.41. The maximum absolute atomic E-state index is 11.9. The Balaban J connectivity index is 0.000000485. The molecule has 1 aliphatic carbocycles. The summed E-state index contributed by atoms with van der Waals surface area (Å²) < 4.78 is 0. The van der Waals surface area contributed by atoms with Crippen LogP contribution in [-0.2, 0) is 9.59 Å². The Hall–Kier alpha value is -2.74. The second-order valence-electron chi connectivity index (χ2n) is 5.27. The second-order valence-corrected chi connectivity index (χ2v) is 5.27. The van der Waals surface area contributed by atoms with Crippen LogP contribution in [-0.4, -0.2) is 47.3 Å². The Labute approximate surface area is 159 Å². The Morgan fingerprint density at radius 1 is 1.15 bits per heavy atom. The van der Waals surface area contributed by atoms with Crippen molar-refractivity contribution in [3.05, 3.63) is 35.4 Å². The second kappa shape index (κ2) is 13.5. The average molecular weight is 379 g/mol. The predicted molar refractivity (Wildman–Crippen MR) is 102 cm³/mol. The number of nitrogens with zero attached hydrogens (tertiary/aromatic N) is 1. The Morgan fingerprint density at radius 3 is 1.96 bits per heavy atom. The number of aliphatic hydroxyl groups is 1. The van der Waals surface area contributed by atoms with Crippen molar-refractivity contribution >= 4 is 24.1 Å². The van der Waals surface area contributed by atoms with Crippen LogP contribution in [0.2, 0.25) is 0 Å². The molecule has 4 amide bonds. The number of hydrogen-bond acceptors (Lipinski definition) is 5. The van der Waals surface area contributed by atoms with E-state index in [1.54, 1.807) is 31.2 Å². The van der Waals surface area contributed by atoms with Gasteiger partial charge in [0, 0.05) is 19.6 Å². The highest BCUT2D eigenvalue weighted by molar-refractivity contribution is 6.21. The van der Waals surface area contributed by atoms with Gasteiger partial charge in [-0.1, -0.05) is 32.9 Å². The first-order valence-electron chi connectivity index (χ1n) is 8.99. The highest BCUT2D eigenvalue weighted by atomic mass is 16.2. The van der Waals surface area contributed by atoms with Crippen molar-refractivity contribution in [2.75, 3.05) is 7.11 Å². The first kappa shape index (κ1) is 24.3. The van der Waals surface area contributed by atoms with Gasteiger partial charge < -0.3 is 5.11 Å². The molecule has 2 aliphatic rings. The van der Waals surface area contributed by atoms with Crippen molar-refractivity contribution in [1.29, 1.82) is 0 Å². The number of fused-ring (bicyclic) bond motifs is 1. The summed E-state index contributed by atoms with van der Waals surface area (Å²) in [5.41, 5.74) is 5.27. The largest absolute Gasteiger partial charge is 0.400 e. The minimum Gasteiger partial charge on any atom is -0.400 e. The molecule has 1 aromatic carbocycles. The van der Waals surface area contributed by atoms with Gasteiger partial charge in [0.2, 0.25) is 12.3 Å². The fraction of sp³-hybridized carbons (Fsp3) is 0.474. The monoisotopic (exact) mass is 379 g/mol. The normalized spacial score (nSPS) is 14.0. The lowest BCUT2D eigenvalue weighted by atomic mass is 9.91. The van der Waals surface area contributed by atoms with Gasteiger partial charge in [-0.15, -0.1) is 0 Å². The molecule has 8 heteroatoms. The van der Waals surface area contributed by atoms with Gasteiger partial charge in [-0.2, -0.15) is 0 Å². The molecule has 3 rings (SSSR count). The molecule has 1 heterocycles. The Bertz CT molecular complexity index is 595. The molecule has 0 radical (unpaired) electrons. The molecule has 0 atom stereocenters. The zero-order valence-electron chi connectivity index (χ0n) is 16.3. The summed E-state index contributed by atoms with van der Waals surface area (Å²) in [7, 11) is 1.00. The van der Waals surface area contributed by atoms with Crippen molar-refractivity contribution in [3.8, 4) is 0 Å². The van der Waals surface area contributed by atoms with E-state index in [0.717, 1.165) is 26.4 Å². The molecule has 1 aliphatic heterocycles. The third-order valence-electron chi connectivity index (χ3n) is 3.86. The molecule has 1 saturated carbocycles. The number of hydrazine groups is 1. The van der Waals surface area contributed by atoms with Crippen LogP contribution in [0.25, 0.3) is 0 Å². The number of amides is 4. The van der Waals surface area contributed by atoms with E-state index in [0.29, 0.717) is 24.0 Å². The SMILES string of the molecule is CC.CCC(=O)NNC=O.CO.O=C1c2ccccc2C(=O)N1C1CCC1. The van der Waals surface area contributed by atoms with E-state index in [1.807, 2.05) is 19.3 Å². The van der Waals surface area contributed by atoms with E-state index in [2.05, 4.69) is 5.43 Å². The minimum absolute atomic E-state index is 0.111. The maximum atomic E-state index is 11.9. The van der Waals surface area contributed by atoms with Crippen LogP contribution in [0.15, 0.2) is 24.3 Å². The van der Waals surface area contributed by atoms with Crippen LogP contribution in [0, 0.1) is 0 Å². The molecular formula is C19H29N3O5. The van der Waals surface area contributed by atoms with Gasteiger partial charge in [-0.3, -0.25) is 34.9 Å². The summed E-state index contributed by atoms with van der Waals surface area (Å²) in [6, 6.07) is 7.21. The topological polar surface area (TPSA) is 116 Å². The average Bonchev–Trinajstić information content (AvgIpc) is 2.94. The van der Waals surface area contributed by atoms with Crippen LogP contribution >= 0.6 is 0 Å². The van der Waals surface area contributed by atoms with E-state index in [1.165, 1.54) is 4.90 Å². The van der Waals surface area contributed by atoms with Gasteiger partial charge in [0.15, 0.2) is 0 Å². The lowest BCUT2D eigenvalue weighted by molar-refractivity contribution is -0.124. The van der Waals surface area contributed by atoms with E-state index < -0.39 is 0 Å². The summed E-state index contributed by atoms with van der Waals surface area (Å²) in [5, 5.41) is 7.00. The van der Waals surface area contributed by atoms with Crippen molar-refractivity contribution in [2.45, 2.75) is 52.5 Å². The molecule has 0 aromatic heterocycles. The molecule has 27 heavy (non-hydrogen) atoms. The van der Waals surface area contributed by atoms with E-state index >= 15 is 0 Å². The lowest BCUT2D eigenvalue weighted by Gasteiger charge is -2.32. The van der Waals surface area contributed by atoms with Crippen molar-refractivity contribution in [2.24, 2.45) is 0 Å². The summed E-state index contributed by atoms with van der Waals surface area (Å²) in [6.07, 6.45) is 3.84. The molecule has 1 fully saturated rings. The lowest BCUT2D eigenvalue weighted by Crippen LogP contribution is -2.43. The fourth-order valence-corrected chi connectivity index (χ4v) is 2.38. The van der Waals surface area contributed by atoms with Gasteiger partial charge in [-0.25, -0.2) is 0 Å². The zero-order chi connectivity index (χ0) is 20.8. The van der Waals surface area contributed by atoms with Crippen LogP contribution < -0.4 is 10.9 Å². The van der Waals surface area contributed by atoms with Gasteiger partial charge >= 0.3 is 0 Å². The number of hydrogen-bond donors (Lipinski definition) is 3. The van der Waals surface area contributed by atoms with Crippen LogP contribution in [0.5, 0.6) is 0 Å². The molecule has 8 nitrogen and oxygen atoms in total. The molecule has 1 aromatic rings. The van der Waals surface area contributed by atoms with Crippen molar-refractivity contribution < 1.29 is 24.3 Å². The molecular weight excluding hydrogens is 350 g/mol. The summed E-state index contributed by atoms with van der Waals surface area (Å²) in [6.45, 7) is 5.70. The molecule has 150 valence electrons. The fourth-order valence-electron chi connectivity index (χ4n) is 2.38. The minimum atomic E-state index is -0.197.